The minimum Gasteiger partial charge on any atom is -0.460 e. The molecule has 0 N–H and O–H groups in total. The van der Waals surface area contributed by atoms with Crippen LogP contribution in [0.5, 0.6) is 0 Å². The second-order valence-electron chi connectivity index (χ2n) is 3.58. The first-order chi connectivity index (χ1) is 7.57. The molecule has 0 heterocycles. The van der Waals surface area contributed by atoms with Gasteiger partial charge in [0.2, 0.25) is 0 Å². The van der Waals surface area contributed by atoms with Gasteiger partial charge in [0.1, 0.15) is 6.61 Å². The van der Waals surface area contributed by atoms with E-state index in [1.54, 1.807) is 6.92 Å². The Balaban J connectivity index is 3.37. The molecule has 1 unspecified atom stereocenters. The van der Waals surface area contributed by atoms with Crippen LogP contribution in [0.2, 0.25) is 0 Å². The third-order valence-electron chi connectivity index (χ3n) is 1.87. The van der Waals surface area contributed by atoms with E-state index in [0.29, 0.717) is 18.8 Å². The largest absolute Gasteiger partial charge is 0.460 e. The van der Waals surface area contributed by atoms with Gasteiger partial charge in [0.05, 0.1) is 6.61 Å². The Hall–Kier alpha value is -0.870. The summed E-state index contributed by atoms with van der Waals surface area (Å²) in [6, 6.07) is 0. The molecule has 1 atom stereocenters. The fourth-order valence-corrected chi connectivity index (χ4v) is 0.913. The highest BCUT2D eigenvalue weighted by molar-refractivity contribution is 5.86. The van der Waals surface area contributed by atoms with E-state index in [9.17, 15) is 4.79 Å². The number of carbonyl (C=O) groups is 1. The lowest BCUT2D eigenvalue weighted by atomic mass is 10.4. The van der Waals surface area contributed by atoms with E-state index in [2.05, 4.69) is 13.5 Å². The Morgan fingerprint density at radius 2 is 1.88 bits per heavy atom. The topological polar surface area (TPSA) is 44.8 Å². The second-order valence-corrected chi connectivity index (χ2v) is 3.58. The van der Waals surface area contributed by atoms with E-state index in [1.165, 1.54) is 0 Å². The molecule has 0 saturated carbocycles. The van der Waals surface area contributed by atoms with Gasteiger partial charge < -0.3 is 14.2 Å². The molecule has 0 rings (SSSR count). The number of hydrogen-bond acceptors (Lipinski definition) is 4. The van der Waals surface area contributed by atoms with Crippen LogP contribution in [-0.2, 0) is 19.0 Å². The number of hydrogen-bond donors (Lipinski definition) is 0. The third-order valence-corrected chi connectivity index (χ3v) is 1.87. The lowest BCUT2D eigenvalue weighted by Gasteiger charge is -2.13. The van der Waals surface area contributed by atoms with E-state index < -0.39 is 0 Å². The SMILES string of the molecule is C=C(C)C(=O)OCCOC(C)OCCCC. The Labute approximate surface area is 97.6 Å². The maximum Gasteiger partial charge on any atom is 0.333 e. The molecule has 0 fully saturated rings. The standard InChI is InChI=1S/C12H22O4/c1-5-6-7-14-11(4)15-8-9-16-12(13)10(2)3/h11H,2,5-9H2,1,3-4H3. The van der Waals surface area contributed by atoms with Crippen molar-refractivity contribution in [2.24, 2.45) is 0 Å². The molecule has 4 nitrogen and oxygen atoms in total. The van der Waals surface area contributed by atoms with Gasteiger partial charge in [0.25, 0.3) is 0 Å². The summed E-state index contributed by atoms with van der Waals surface area (Å²) in [6.07, 6.45) is 1.87. The van der Waals surface area contributed by atoms with Gasteiger partial charge in [-0.2, -0.15) is 0 Å². The summed E-state index contributed by atoms with van der Waals surface area (Å²) in [5.74, 6) is -0.386. The van der Waals surface area contributed by atoms with Crippen molar-refractivity contribution in [3.8, 4) is 0 Å². The van der Waals surface area contributed by atoms with E-state index in [-0.39, 0.29) is 18.9 Å². The zero-order chi connectivity index (χ0) is 12.4. The average Bonchev–Trinajstić information content (AvgIpc) is 2.24. The van der Waals surface area contributed by atoms with Crippen LogP contribution in [0.3, 0.4) is 0 Å². The summed E-state index contributed by atoms with van der Waals surface area (Å²) in [7, 11) is 0. The van der Waals surface area contributed by atoms with Gasteiger partial charge in [-0.15, -0.1) is 0 Å². The van der Waals surface area contributed by atoms with Crippen molar-refractivity contribution in [1.82, 2.24) is 0 Å². The van der Waals surface area contributed by atoms with Crippen LogP contribution >= 0.6 is 0 Å². The highest BCUT2D eigenvalue weighted by Gasteiger charge is 2.04. The predicted octanol–water partition coefficient (Wildman–Crippen LogP) is 2.29. The minimum absolute atomic E-state index is 0.229. The molecule has 0 saturated heterocycles. The summed E-state index contributed by atoms with van der Waals surface area (Å²) < 4.78 is 15.5. The van der Waals surface area contributed by atoms with Crippen LogP contribution < -0.4 is 0 Å². The monoisotopic (exact) mass is 230 g/mol. The van der Waals surface area contributed by atoms with Crippen molar-refractivity contribution in [2.45, 2.75) is 39.9 Å². The van der Waals surface area contributed by atoms with Crippen LogP contribution in [0.4, 0.5) is 0 Å². The molecule has 0 amide bonds. The fraction of sp³-hybridized carbons (Fsp3) is 0.750. The lowest BCUT2D eigenvalue weighted by Crippen LogP contribution is -2.18. The number of esters is 1. The van der Waals surface area contributed by atoms with Crippen molar-refractivity contribution in [1.29, 1.82) is 0 Å². The molecular formula is C12H22O4. The van der Waals surface area contributed by atoms with Crippen molar-refractivity contribution >= 4 is 5.97 Å². The smallest absolute Gasteiger partial charge is 0.333 e. The van der Waals surface area contributed by atoms with Crippen LogP contribution in [-0.4, -0.2) is 32.1 Å². The normalized spacial score (nSPS) is 12.2. The number of carbonyl (C=O) groups excluding carboxylic acids is 1. The summed E-state index contributed by atoms with van der Waals surface area (Å²) in [4.78, 5) is 11.0. The Kier molecular flexibility index (Phi) is 8.85. The van der Waals surface area contributed by atoms with Gasteiger partial charge >= 0.3 is 5.97 Å². The van der Waals surface area contributed by atoms with Gasteiger partial charge in [0, 0.05) is 12.2 Å². The molecule has 0 radical (unpaired) electrons. The zero-order valence-electron chi connectivity index (χ0n) is 10.5. The summed E-state index contributed by atoms with van der Waals surface area (Å²) in [5, 5.41) is 0. The third kappa shape index (κ3) is 8.44. The maximum atomic E-state index is 11.0. The highest BCUT2D eigenvalue weighted by atomic mass is 16.7. The lowest BCUT2D eigenvalue weighted by molar-refractivity contribution is -0.153. The van der Waals surface area contributed by atoms with Gasteiger partial charge in [-0.25, -0.2) is 4.79 Å². The van der Waals surface area contributed by atoms with E-state index in [1.807, 2.05) is 6.92 Å². The van der Waals surface area contributed by atoms with Crippen molar-refractivity contribution in [3.05, 3.63) is 12.2 Å². The van der Waals surface area contributed by atoms with Crippen LogP contribution in [0, 0.1) is 0 Å². The molecule has 0 aromatic heterocycles. The van der Waals surface area contributed by atoms with E-state index >= 15 is 0 Å². The first-order valence-electron chi connectivity index (χ1n) is 5.63. The van der Waals surface area contributed by atoms with Crippen LogP contribution in [0.1, 0.15) is 33.6 Å². The maximum absolute atomic E-state index is 11.0. The van der Waals surface area contributed by atoms with Crippen molar-refractivity contribution in [2.75, 3.05) is 19.8 Å². The quantitative estimate of drug-likeness (QED) is 0.264. The molecule has 0 spiro atoms. The molecule has 0 aliphatic carbocycles. The molecule has 0 aromatic rings. The van der Waals surface area contributed by atoms with Gasteiger partial charge in [0.15, 0.2) is 6.29 Å². The Morgan fingerprint density at radius 3 is 2.44 bits per heavy atom. The molecule has 4 heteroatoms. The zero-order valence-corrected chi connectivity index (χ0v) is 10.5. The highest BCUT2D eigenvalue weighted by Crippen LogP contribution is 1.97. The number of ether oxygens (including phenoxy) is 3. The summed E-state index contributed by atoms with van der Waals surface area (Å²) >= 11 is 0. The second kappa shape index (κ2) is 9.36. The van der Waals surface area contributed by atoms with E-state index in [4.69, 9.17) is 14.2 Å². The molecule has 94 valence electrons. The summed E-state index contributed by atoms with van der Waals surface area (Å²) in [5.41, 5.74) is 0.396. The van der Waals surface area contributed by atoms with Gasteiger partial charge in [-0.3, -0.25) is 0 Å². The molecular weight excluding hydrogens is 208 g/mol. The molecule has 0 aliphatic heterocycles. The van der Waals surface area contributed by atoms with E-state index in [0.717, 1.165) is 12.8 Å². The predicted molar refractivity (Wildman–Crippen MR) is 62.0 cm³/mol. The Morgan fingerprint density at radius 1 is 1.25 bits per heavy atom. The fourth-order valence-electron chi connectivity index (χ4n) is 0.913. The van der Waals surface area contributed by atoms with Crippen molar-refractivity contribution < 1.29 is 19.0 Å². The summed E-state index contributed by atoms with van der Waals surface area (Å²) in [6.45, 7) is 10.3. The first-order valence-corrected chi connectivity index (χ1v) is 5.63. The average molecular weight is 230 g/mol. The molecule has 0 bridgehead atoms. The van der Waals surface area contributed by atoms with Crippen molar-refractivity contribution in [3.63, 3.8) is 0 Å². The van der Waals surface area contributed by atoms with Gasteiger partial charge in [-0.1, -0.05) is 19.9 Å². The van der Waals surface area contributed by atoms with Gasteiger partial charge in [-0.05, 0) is 20.3 Å². The number of rotatable bonds is 9. The Bertz CT molecular complexity index is 213. The first kappa shape index (κ1) is 15.1. The number of unbranched alkanes of at least 4 members (excludes halogenated alkanes) is 1. The molecule has 0 aliphatic rings. The minimum atomic E-state index is -0.386. The molecule has 16 heavy (non-hydrogen) atoms. The molecule has 0 aromatic carbocycles. The van der Waals surface area contributed by atoms with Crippen LogP contribution in [0.15, 0.2) is 12.2 Å². The van der Waals surface area contributed by atoms with Crippen LogP contribution in [0.25, 0.3) is 0 Å².